The Labute approximate surface area is 134 Å². The van der Waals surface area contributed by atoms with E-state index >= 15 is 0 Å². The molecule has 0 spiro atoms. The number of amides is 1. The Bertz CT molecular complexity index is 761. The van der Waals surface area contributed by atoms with Crippen LogP contribution in [-0.2, 0) is 0 Å². The molecule has 23 heavy (non-hydrogen) atoms. The van der Waals surface area contributed by atoms with E-state index < -0.39 is 6.04 Å². The Balaban J connectivity index is 2.15. The zero-order valence-electron chi connectivity index (χ0n) is 12.6. The highest BCUT2D eigenvalue weighted by Crippen LogP contribution is 2.16. The number of nitrogens with zero attached hydrogens (tertiary/aromatic N) is 1. The highest BCUT2D eigenvalue weighted by atomic mass is 16.3. The summed E-state index contributed by atoms with van der Waals surface area (Å²) in [5, 5.41) is 20.9. The summed E-state index contributed by atoms with van der Waals surface area (Å²) in [6, 6.07) is 13.7. The molecule has 0 aliphatic rings. The molecule has 2 aromatic rings. The Morgan fingerprint density at radius 2 is 1.78 bits per heavy atom. The number of hydrogen-bond acceptors (Lipinski definition) is 4. The van der Waals surface area contributed by atoms with Crippen molar-refractivity contribution in [2.45, 2.75) is 19.4 Å². The van der Waals surface area contributed by atoms with E-state index in [0.29, 0.717) is 23.1 Å². The summed E-state index contributed by atoms with van der Waals surface area (Å²) >= 11 is 0. The van der Waals surface area contributed by atoms with Gasteiger partial charge in [0, 0.05) is 16.7 Å². The molecular formula is C18H16N2O3. The van der Waals surface area contributed by atoms with Crippen LogP contribution in [0.3, 0.4) is 0 Å². The van der Waals surface area contributed by atoms with Gasteiger partial charge in [0.2, 0.25) is 0 Å². The highest BCUT2D eigenvalue weighted by molar-refractivity contribution is 6.09. The SMILES string of the molecule is CCC(C#N)NC(=O)c1ccc(C(=O)c2cccc(O)c2)cc1. The standard InChI is InChI=1S/C18H16N2O3/c1-2-15(11-19)20-18(23)13-8-6-12(7-9-13)17(22)14-4-3-5-16(21)10-14/h3-10,15,21H,2H2,1H3,(H,20,23). The largest absolute Gasteiger partial charge is 0.508 e. The van der Waals surface area contributed by atoms with Crippen molar-refractivity contribution in [3.8, 4) is 11.8 Å². The van der Waals surface area contributed by atoms with Gasteiger partial charge in [0.15, 0.2) is 5.78 Å². The predicted octanol–water partition coefficient (Wildman–Crippen LogP) is 2.66. The number of hydrogen-bond donors (Lipinski definition) is 2. The topological polar surface area (TPSA) is 90.2 Å². The van der Waals surface area contributed by atoms with Crippen molar-refractivity contribution in [3.05, 3.63) is 65.2 Å². The molecule has 2 rings (SSSR count). The second-order valence-electron chi connectivity index (χ2n) is 5.02. The molecule has 0 aromatic heterocycles. The van der Waals surface area contributed by atoms with Crippen molar-refractivity contribution < 1.29 is 14.7 Å². The third kappa shape index (κ3) is 3.95. The zero-order valence-corrected chi connectivity index (χ0v) is 12.6. The second kappa shape index (κ2) is 7.23. The van der Waals surface area contributed by atoms with Crippen molar-refractivity contribution in [3.63, 3.8) is 0 Å². The molecule has 1 unspecified atom stereocenters. The Hall–Kier alpha value is -3.13. The molecule has 0 radical (unpaired) electrons. The van der Waals surface area contributed by atoms with Crippen LogP contribution < -0.4 is 5.32 Å². The maximum Gasteiger partial charge on any atom is 0.252 e. The van der Waals surface area contributed by atoms with E-state index in [1.807, 2.05) is 13.0 Å². The van der Waals surface area contributed by atoms with Crippen molar-refractivity contribution in [2.24, 2.45) is 0 Å². The first-order valence-electron chi connectivity index (χ1n) is 7.19. The molecule has 2 N–H and O–H groups in total. The molecule has 0 aliphatic carbocycles. The van der Waals surface area contributed by atoms with E-state index in [1.165, 1.54) is 24.3 Å². The van der Waals surface area contributed by atoms with Crippen LogP contribution >= 0.6 is 0 Å². The van der Waals surface area contributed by atoms with Crippen LogP contribution in [-0.4, -0.2) is 22.8 Å². The molecule has 0 fully saturated rings. The average Bonchev–Trinajstić information content (AvgIpc) is 2.59. The van der Waals surface area contributed by atoms with Crippen LogP contribution in [0.5, 0.6) is 5.75 Å². The lowest BCUT2D eigenvalue weighted by atomic mass is 10.0. The summed E-state index contributed by atoms with van der Waals surface area (Å²) in [5.41, 5.74) is 1.17. The minimum Gasteiger partial charge on any atom is -0.508 e. The summed E-state index contributed by atoms with van der Waals surface area (Å²) in [4.78, 5) is 24.3. The molecule has 2 aromatic carbocycles. The molecule has 0 bridgehead atoms. The van der Waals surface area contributed by atoms with Gasteiger partial charge in [-0.25, -0.2) is 0 Å². The Kier molecular flexibility index (Phi) is 5.11. The lowest BCUT2D eigenvalue weighted by Crippen LogP contribution is -2.33. The van der Waals surface area contributed by atoms with Crippen molar-refractivity contribution >= 4 is 11.7 Å². The van der Waals surface area contributed by atoms with Gasteiger partial charge >= 0.3 is 0 Å². The van der Waals surface area contributed by atoms with Gasteiger partial charge in [-0.15, -0.1) is 0 Å². The molecule has 0 saturated heterocycles. The van der Waals surface area contributed by atoms with Crippen LogP contribution in [0, 0.1) is 11.3 Å². The van der Waals surface area contributed by atoms with Gasteiger partial charge < -0.3 is 10.4 Å². The monoisotopic (exact) mass is 308 g/mol. The van der Waals surface area contributed by atoms with Gasteiger partial charge in [-0.2, -0.15) is 5.26 Å². The third-order valence-corrected chi connectivity index (χ3v) is 3.39. The number of carbonyl (C=O) groups is 2. The van der Waals surface area contributed by atoms with Gasteiger partial charge in [-0.3, -0.25) is 9.59 Å². The first kappa shape index (κ1) is 16.2. The molecule has 116 valence electrons. The number of nitriles is 1. The maximum atomic E-state index is 12.3. The van der Waals surface area contributed by atoms with Crippen molar-refractivity contribution in [1.82, 2.24) is 5.32 Å². The minimum absolute atomic E-state index is 0.0222. The Morgan fingerprint density at radius 1 is 1.13 bits per heavy atom. The molecule has 5 heteroatoms. The molecule has 0 saturated carbocycles. The van der Waals surface area contributed by atoms with E-state index in [9.17, 15) is 14.7 Å². The van der Waals surface area contributed by atoms with Crippen LogP contribution in [0.4, 0.5) is 0 Å². The number of carbonyl (C=O) groups excluding carboxylic acids is 2. The number of phenolic OH excluding ortho intramolecular Hbond substituents is 1. The first-order chi connectivity index (χ1) is 11.0. The predicted molar refractivity (Wildman–Crippen MR) is 85.1 cm³/mol. The van der Waals surface area contributed by atoms with Crippen molar-refractivity contribution in [2.75, 3.05) is 0 Å². The average molecular weight is 308 g/mol. The van der Waals surface area contributed by atoms with Gasteiger partial charge in [0.25, 0.3) is 5.91 Å². The molecular weight excluding hydrogens is 292 g/mol. The number of benzene rings is 2. The van der Waals surface area contributed by atoms with Crippen molar-refractivity contribution in [1.29, 1.82) is 5.26 Å². The summed E-state index contributed by atoms with van der Waals surface area (Å²) < 4.78 is 0. The number of nitrogens with one attached hydrogen (secondary N) is 1. The maximum absolute atomic E-state index is 12.3. The van der Waals surface area contributed by atoms with Gasteiger partial charge in [-0.05, 0) is 30.7 Å². The Morgan fingerprint density at radius 3 is 2.35 bits per heavy atom. The fourth-order valence-corrected chi connectivity index (χ4v) is 2.05. The molecule has 5 nitrogen and oxygen atoms in total. The first-order valence-corrected chi connectivity index (χ1v) is 7.19. The number of aromatic hydroxyl groups is 1. The summed E-state index contributed by atoms with van der Waals surface area (Å²) in [6.07, 6.45) is 0.524. The third-order valence-electron chi connectivity index (χ3n) is 3.39. The van der Waals surface area contributed by atoms with Crippen LogP contribution in [0.15, 0.2) is 48.5 Å². The van der Waals surface area contributed by atoms with E-state index in [4.69, 9.17) is 5.26 Å². The molecule has 0 heterocycles. The molecule has 1 amide bonds. The van der Waals surface area contributed by atoms with Gasteiger partial charge in [0.05, 0.1) is 6.07 Å². The molecule has 0 aliphatic heterocycles. The summed E-state index contributed by atoms with van der Waals surface area (Å²) in [5.74, 6) is -0.569. The van der Waals surface area contributed by atoms with E-state index in [1.54, 1.807) is 24.3 Å². The van der Waals surface area contributed by atoms with E-state index in [0.717, 1.165) is 0 Å². The van der Waals surface area contributed by atoms with E-state index in [2.05, 4.69) is 5.32 Å². The summed E-state index contributed by atoms with van der Waals surface area (Å²) in [7, 11) is 0. The summed E-state index contributed by atoms with van der Waals surface area (Å²) in [6.45, 7) is 1.81. The number of phenols is 1. The van der Waals surface area contributed by atoms with Crippen LogP contribution in [0.1, 0.15) is 39.6 Å². The van der Waals surface area contributed by atoms with Gasteiger partial charge in [0.1, 0.15) is 11.8 Å². The fraction of sp³-hybridized carbons (Fsp3) is 0.167. The smallest absolute Gasteiger partial charge is 0.252 e. The fourth-order valence-electron chi connectivity index (χ4n) is 2.05. The highest BCUT2D eigenvalue weighted by Gasteiger charge is 2.13. The second-order valence-corrected chi connectivity index (χ2v) is 5.02. The van der Waals surface area contributed by atoms with Gasteiger partial charge in [-0.1, -0.05) is 31.2 Å². The lowest BCUT2D eigenvalue weighted by molar-refractivity contribution is 0.0943. The zero-order chi connectivity index (χ0) is 16.8. The molecule has 1 atom stereocenters. The number of ketones is 1. The minimum atomic E-state index is -0.531. The van der Waals surface area contributed by atoms with Crippen LogP contribution in [0.2, 0.25) is 0 Å². The van der Waals surface area contributed by atoms with Crippen LogP contribution in [0.25, 0.3) is 0 Å². The quantitative estimate of drug-likeness (QED) is 0.831. The normalized spacial score (nSPS) is 11.3. The lowest BCUT2D eigenvalue weighted by Gasteiger charge is -2.09. The van der Waals surface area contributed by atoms with E-state index in [-0.39, 0.29) is 17.4 Å². The number of rotatable bonds is 5.